The van der Waals surface area contributed by atoms with E-state index < -0.39 is 0 Å². The molecule has 0 radical (unpaired) electrons. The van der Waals surface area contributed by atoms with Crippen LogP contribution in [0.15, 0.2) is 12.7 Å². The minimum absolute atomic E-state index is 0.0593. The zero-order valence-electron chi connectivity index (χ0n) is 9.36. The van der Waals surface area contributed by atoms with Crippen molar-refractivity contribution in [1.82, 2.24) is 9.80 Å². The van der Waals surface area contributed by atoms with Gasteiger partial charge in [-0.25, -0.2) is 0 Å². The van der Waals surface area contributed by atoms with Gasteiger partial charge in [-0.05, 0) is 26.5 Å². The highest BCUT2D eigenvalue weighted by Crippen LogP contribution is 2.15. The van der Waals surface area contributed by atoms with E-state index in [-0.39, 0.29) is 5.91 Å². The van der Waals surface area contributed by atoms with E-state index in [1.165, 1.54) is 6.08 Å². The Labute approximate surface area is 86.4 Å². The van der Waals surface area contributed by atoms with Crippen molar-refractivity contribution < 1.29 is 4.79 Å². The van der Waals surface area contributed by atoms with E-state index in [0.717, 1.165) is 19.5 Å². The molecule has 0 unspecified atom stereocenters. The summed E-state index contributed by atoms with van der Waals surface area (Å²) in [6.45, 7) is 9.57. The average molecular weight is 196 g/mol. The Balaban J connectivity index is 2.68. The van der Waals surface area contributed by atoms with Gasteiger partial charge in [0.1, 0.15) is 0 Å². The van der Waals surface area contributed by atoms with E-state index >= 15 is 0 Å². The van der Waals surface area contributed by atoms with Crippen molar-refractivity contribution in [3.63, 3.8) is 0 Å². The van der Waals surface area contributed by atoms with Crippen molar-refractivity contribution in [2.75, 3.05) is 20.1 Å². The maximum absolute atomic E-state index is 11.5. The van der Waals surface area contributed by atoms with Crippen LogP contribution in [0.3, 0.4) is 0 Å². The Kier molecular flexibility index (Phi) is 3.69. The quantitative estimate of drug-likeness (QED) is 0.618. The standard InChI is InChI=1S/C11H20N2O/c1-5-10-8-13(11(14)6-2)9(3)7-12(10)4/h6,9-10H,2,5,7-8H2,1,3-4H3/t9-,10+/m1/s1. The largest absolute Gasteiger partial charge is 0.334 e. The van der Waals surface area contributed by atoms with Gasteiger partial charge in [0.05, 0.1) is 0 Å². The smallest absolute Gasteiger partial charge is 0.246 e. The molecule has 0 aromatic rings. The van der Waals surface area contributed by atoms with Crippen LogP contribution in [0.4, 0.5) is 0 Å². The van der Waals surface area contributed by atoms with Crippen LogP contribution in [0.25, 0.3) is 0 Å². The Hall–Kier alpha value is -0.830. The molecule has 80 valence electrons. The molecule has 3 heteroatoms. The number of amides is 1. The first kappa shape index (κ1) is 11.2. The molecule has 0 spiro atoms. The van der Waals surface area contributed by atoms with E-state index in [1.54, 1.807) is 0 Å². The molecule has 1 fully saturated rings. The molecule has 1 amide bonds. The molecule has 0 bridgehead atoms. The highest BCUT2D eigenvalue weighted by Gasteiger charge is 2.29. The summed E-state index contributed by atoms with van der Waals surface area (Å²) in [7, 11) is 2.13. The molecule has 0 aliphatic carbocycles. The molecule has 0 N–H and O–H groups in total. The highest BCUT2D eigenvalue weighted by molar-refractivity contribution is 5.87. The molecule has 1 aliphatic rings. The van der Waals surface area contributed by atoms with Crippen LogP contribution in [-0.4, -0.2) is 47.9 Å². The first-order valence-corrected chi connectivity index (χ1v) is 5.23. The van der Waals surface area contributed by atoms with E-state index in [1.807, 2.05) is 4.90 Å². The van der Waals surface area contributed by atoms with Gasteiger partial charge in [-0.3, -0.25) is 9.69 Å². The van der Waals surface area contributed by atoms with Gasteiger partial charge in [-0.15, -0.1) is 0 Å². The molecular formula is C11H20N2O. The zero-order valence-corrected chi connectivity index (χ0v) is 9.36. The second-order valence-electron chi connectivity index (χ2n) is 4.05. The van der Waals surface area contributed by atoms with Crippen molar-refractivity contribution >= 4 is 5.91 Å². The summed E-state index contributed by atoms with van der Waals surface area (Å²) >= 11 is 0. The van der Waals surface area contributed by atoms with Gasteiger partial charge in [0, 0.05) is 25.2 Å². The number of nitrogens with zero attached hydrogens (tertiary/aromatic N) is 2. The molecule has 0 aromatic heterocycles. The predicted octanol–water partition coefficient (Wildman–Crippen LogP) is 1.11. The molecule has 0 aromatic carbocycles. The van der Waals surface area contributed by atoms with E-state index in [0.29, 0.717) is 12.1 Å². The zero-order chi connectivity index (χ0) is 10.7. The maximum Gasteiger partial charge on any atom is 0.246 e. The number of carbonyl (C=O) groups excluding carboxylic acids is 1. The van der Waals surface area contributed by atoms with Crippen LogP contribution in [0.5, 0.6) is 0 Å². The summed E-state index contributed by atoms with van der Waals surface area (Å²) in [5.41, 5.74) is 0. The minimum Gasteiger partial charge on any atom is -0.334 e. The van der Waals surface area contributed by atoms with Crippen molar-refractivity contribution in [3.8, 4) is 0 Å². The first-order chi connectivity index (χ1) is 6.60. The van der Waals surface area contributed by atoms with Gasteiger partial charge in [-0.2, -0.15) is 0 Å². The molecule has 14 heavy (non-hydrogen) atoms. The third kappa shape index (κ3) is 2.15. The lowest BCUT2D eigenvalue weighted by atomic mass is 10.1. The van der Waals surface area contributed by atoms with Crippen molar-refractivity contribution in [3.05, 3.63) is 12.7 Å². The summed E-state index contributed by atoms with van der Waals surface area (Å²) in [5.74, 6) is 0.0593. The molecule has 3 nitrogen and oxygen atoms in total. The Morgan fingerprint density at radius 3 is 2.71 bits per heavy atom. The first-order valence-electron chi connectivity index (χ1n) is 5.23. The lowest BCUT2D eigenvalue weighted by Crippen LogP contribution is -2.57. The van der Waals surface area contributed by atoms with Crippen LogP contribution in [-0.2, 0) is 4.79 Å². The fourth-order valence-electron chi connectivity index (χ4n) is 2.08. The van der Waals surface area contributed by atoms with Crippen molar-refractivity contribution in [1.29, 1.82) is 0 Å². The maximum atomic E-state index is 11.5. The van der Waals surface area contributed by atoms with Gasteiger partial charge < -0.3 is 4.90 Å². The van der Waals surface area contributed by atoms with Crippen LogP contribution >= 0.6 is 0 Å². The molecular weight excluding hydrogens is 176 g/mol. The van der Waals surface area contributed by atoms with E-state index in [4.69, 9.17) is 0 Å². The van der Waals surface area contributed by atoms with Crippen LogP contribution in [0, 0.1) is 0 Å². The van der Waals surface area contributed by atoms with Crippen LogP contribution in [0.2, 0.25) is 0 Å². The second-order valence-corrected chi connectivity index (χ2v) is 4.05. The van der Waals surface area contributed by atoms with Gasteiger partial charge in [0.15, 0.2) is 0 Å². The molecule has 1 aliphatic heterocycles. The fraction of sp³-hybridized carbons (Fsp3) is 0.727. The second kappa shape index (κ2) is 4.60. The van der Waals surface area contributed by atoms with Gasteiger partial charge >= 0.3 is 0 Å². The molecule has 1 heterocycles. The molecule has 0 saturated carbocycles. The Bertz CT molecular complexity index is 227. The lowest BCUT2D eigenvalue weighted by molar-refractivity contribution is -0.131. The summed E-state index contributed by atoms with van der Waals surface area (Å²) in [6, 6.07) is 0.795. The number of carbonyl (C=O) groups is 1. The summed E-state index contributed by atoms with van der Waals surface area (Å²) in [4.78, 5) is 15.8. The van der Waals surface area contributed by atoms with Gasteiger partial charge in [0.2, 0.25) is 5.91 Å². The Morgan fingerprint density at radius 2 is 2.21 bits per heavy atom. The van der Waals surface area contributed by atoms with Crippen LogP contribution < -0.4 is 0 Å². The number of rotatable bonds is 2. The summed E-state index contributed by atoms with van der Waals surface area (Å²) in [5, 5.41) is 0. The number of hydrogen-bond acceptors (Lipinski definition) is 2. The minimum atomic E-state index is 0.0593. The van der Waals surface area contributed by atoms with E-state index in [2.05, 4.69) is 32.4 Å². The van der Waals surface area contributed by atoms with Crippen LogP contribution in [0.1, 0.15) is 20.3 Å². The topological polar surface area (TPSA) is 23.6 Å². The van der Waals surface area contributed by atoms with Gasteiger partial charge in [0.25, 0.3) is 0 Å². The molecule has 2 atom stereocenters. The van der Waals surface area contributed by atoms with Gasteiger partial charge in [-0.1, -0.05) is 13.5 Å². The Morgan fingerprint density at radius 1 is 1.57 bits per heavy atom. The number of piperazine rings is 1. The third-order valence-electron chi connectivity index (χ3n) is 3.04. The predicted molar refractivity (Wildman–Crippen MR) is 58.1 cm³/mol. The third-order valence-corrected chi connectivity index (χ3v) is 3.04. The summed E-state index contributed by atoms with van der Waals surface area (Å²) < 4.78 is 0. The normalized spacial score (nSPS) is 28.9. The number of likely N-dealkylation sites (N-methyl/N-ethyl adjacent to an activating group) is 1. The fourth-order valence-corrected chi connectivity index (χ4v) is 2.08. The summed E-state index contributed by atoms with van der Waals surface area (Å²) in [6.07, 6.45) is 2.50. The average Bonchev–Trinajstić information content (AvgIpc) is 2.17. The SMILES string of the molecule is C=CC(=O)N1C[C@H](CC)N(C)C[C@H]1C. The van der Waals surface area contributed by atoms with Crippen molar-refractivity contribution in [2.45, 2.75) is 32.4 Å². The number of hydrogen-bond donors (Lipinski definition) is 0. The molecule has 1 saturated heterocycles. The monoisotopic (exact) mass is 196 g/mol. The van der Waals surface area contributed by atoms with Crippen molar-refractivity contribution in [2.24, 2.45) is 0 Å². The van der Waals surface area contributed by atoms with E-state index in [9.17, 15) is 4.79 Å². The lowest BCUT2D eigenvalue weighted by Gasteiger charge is -2.43. The highest BCUT2D eigenvalue weighted by atomic mass is 16.2. The molecule has 1 rings (SSSR count).